The molecule has 2 rings (SSSR count). The molecule has 1 aromatic carbocycles. The number of aromatic nitrogens is 2. The smallest absolute Gasteiger partial charge is 0.131 e. The minimum atomic E-state index is -1.03. The number of hydrogen-bond donors (Lipinski definition) is 1. The van der Waals surface area contributed by atoms with Crippen molar-refractivity contribution in [3.63, 3.8) is 0 Å². The van der Waals surface area contributed by atoms with Crippen LogP contribution in [0.3, 0.4) is 0 Å². The minimum absolute atomic E-state index is 0.106. The normalized spacial score (nSPS) is 12.7. The van der Waals surface area contributed by atoms with E-state index < -0.39 is 17.7 Å². The first-order valence-corrected chi connectivity index (χ1v) is 6.66. The summed E-state index contributed by atoms with van der Waals surface area (Å²) in [4.78, 5) is 4.18. The maximum atomic E-state index is 13.7. The molecule has 0 radical (unpaired) electrons. The van der Waals surface area contributed by atoms with Gasteiger partial charge < -0.3 is 9.67 Å². The number of imidazole rings is 1. The van der Waals surface area contributed by atoms with Crippen LogP contribution in [0.1, 0.15) is 36.4 Å². The highest BCUT2D eigenvalue weighted by Gasteiger charge is 2.18. The van der Waals surface area contributed by atoms with Gasteiger partial charge in [0.05, 0.1) is 6.10 Å². The van der Waals surface area contributed by atoms with Gasteiger partial charge >= 0.3 is 0 Å². The van der Waals surface area contributed by atoms with Crippen LogP contribution < -0.4 is 0 Å². The molecule has 1 atom stereocenters. The third-order valence-corrected chi connectivity index (χ3v) is 3.28. The summed E-state index contributed by atoms with van der Waals surface area (Å²) in [6.07, 6.45) is 3.60. The standard InChI is InChI=1S/C15H18F2N2O/c1-3-5-19-6-4-18-15(19)9-14(20)11-7-10(2)12(16)8-13(11)17/h4,6-8,14,20H,3,5,9H2,1-2H3. The number of aliphatic hydroxyl groups is 1. The van der Waals surface area contributed by atoms with Crippen LogP contribution in [0.4, 0.5) is 8.78 Å². The molecule has 20 heavy (non-hydrogen) atoms. The van der Waals surface area contributed by atoms with Crippen molar-refractivity contribution in [2.75, 3.05) is 0 Å². The zero-order valence-corrected chi connectivity index (χ0v) is 11.6. The Kier molecular flexibility index (Phi) is 4.49. The molecule has 2 aromatic rings. The highest BCUT2D eigenvalue weighted by Crippen LogP contribution is 2.23. The van der Waals surface area contributed by atoms with E-state index in [0.717, 1.165) is 19.0 Å². The fourth-order valence-corrected chi connectivity index (χ4v) is 2.19. The predicted molar refractivity (Wildman–Crippen MR) is 72.3 cm³/mol. The zero-order chi connectivity index (χ0) is 14.7. The molecule has 0 aliphatic carbocycles. The van der Waals surface area contributed by atoms with Crippen LogP contribution in [0.25, 0.3) is 0 Å². The van der Waals surface area contributed by atoms with Crippen molar-refractivity contribution >= 4 is 0 Å². The second-order valence-electron chi connectivity index (χ2n) is 4.88. The Morgan fingerprint density at radius 1 is 1.30 bits per heavy atom. The number of hydrogen-bond acceptors (Lipinski definition) is 2. The van der Waals surface area contributed by atoms with E-state index in [9.17, 15) is 13.9 Å². The fraction of sp³-hybridized carbons (Fsp3) is 0.400. The van der Waals surface area contributed by atoms with Gasteiger partial charge in [-0.2, -0.15) is 0 Å². The summed E-state index contributed by atoms with van der Waals surface area (Å²) >= 11 is 0. The minimum Gasteiger partial charge on any atom is -0.388 e. The topological polar surface area (TPSA) is 38.0 Å². The van der Waals surface area contributed by atoms with Crippen molar-refractivity contribution in [2.45, 2.75) is 39.3 Å². The lowest BCUT2D eigenvalue weighted by atomic mass is 10.0. The van der Waals surface area contributed by atoms with E-state index in [0.29, 0.717) is 11.4 Å². The Hall–Kier alpha value is -1.75. The average molecular weight is 280 g/mol. The first-order valence-electron chi connectivity index (χ1n) is 6.66. The first kappa shape index (κ1) is 14.7. The van der Waals surface area contributed by atoms with Crippen LogP contribution in [-0.4, -0.2) is 14.7 Å². The molecule has 0 aliphatic rings. The Balaban J connectivity index is 2.21. The van der Waals surface area contributed by atoms with Gasteiger partial charge in [-0.1, -0.05) is 6.92 Å². The summed E-state index contributed by atoms with van der Waals surface area (Å²) in [5.41, 5.74) is 0.423. The molecule has 0 bridgehead atoms. The second kappa shape index (κ2) is 6.13. The van der Waals surface area contributed by atoms with Gasteiger partial charge in [-0.15, -0.1) is 0 Å². The maximum Gasteiger partial charge on any atom is 0.131 e. The lowest BCUT2D eigenvalue weighted by Gasteiger charge is -2.14. The van der Waals surface area contributed by atoms with Gasteiger partial charge in [-0.05, 0) is 25.0 Å². The van der Waals surface area contributed by atoms with Gasteiger partial charge in [-0.25, -0.2) is 13.8 Å². The van der Waals surface area contributed by atoms with E-state index in [1.54, 1.807) is 13.1 Å². The molecule has 0 fully saturated rings. The van der Waals surface area contributed by atoms with Crippen molar-refractivity contribution in [2.24, 2.45) is 0 Å². The fourth-order valence-electron chi connectivity index (χ4n) is 2.19. The summed E-state index contributed by atoms with van der Waals surface area (Å²) in [7, 11) is 0. The monoisotopic (exact) mass is 280 g/mol. The van der Waals surface area contributed by atoms with Crippen LogP contribution in [0.5, 0.6) is 0 Å². The Labute approximate surface area is 116 Å². The van der Waals surface area contributed by atoms with Crippen LogP contribution >= 0.6 is 0 Å². The van der Waals surface area contributed by atoms with Crippen LogP contribution in [0.2, 0.25) is 0 Å². The summed E-state index contributed by atoms with van der Waals surface area (Å²) in [6, 6.07) is 2.16. The van der Waals surface area contributed by atoms with Crippen molar-refractivity contribution in [1.82, 2.24) is 9.55 Å². The van der Waals surface area contributed by atoms with Gasteiger partial charge in [0.2, 0.25) is 0 Å². The highest BCUT2D eigenvalue weighted by molar-refractivity contribution is 5.28. The molecule has 108 valence electrons. The number of aliphatic hydroxyl groups excluding tert-OH is 1. The van der Waals surface area contributed by atoms with E-state index in [-0.39, 0.29) is 12.0 Å². The number of nitrogens with zero attached hydrogens (tertiary/aromatic N) is 2. The van der Waals surface area contributed by atoms with Gasteiger partial charge in [-0.3, -0.25) is 0 Å². The molecule has 0 amide bonds. The molecule has 3 nitrogen and oxygen atoms in total. The van der Waals surface area contributed by atoms with E-state index in [4.69, 9.17) is 0 Å². The molecule has 5 heteroatoms. The molecular formula is C15H18F2N2O. The molecule has 1 N–H and O–H groups in total. The predicted octanol–water partition coefficient (Wildman–Crippen LogP) is 3.16. The summed E-state index contributed by atoms with van der Waals surface area (Å²) in [6.45, 7) is 4.39. The van der Waals surface area contributed by atoms with Crippen molar-refractivity contribution in [1.29, 1.82) is 0 Å². The molecule has 0 saturated carbocycles. The molecule has 0 spiro atoms. The quantitative estimate of drug-likeness (QED) is 0.913. The third-order valence-electron chi connectivity index (χ3n) is 3.28. The van der Waals surface area contributed by atoms with E-state index in [1.807, 2.05) is 17.7 Å². The number of aryl methyl sites for hydroxylation is 2. The zero-order valence-electron chi connectivity index (χ0n) is 11.6. The van der Waals surface area contributed by atoms with Crippen molar-refractivity contribution < 1.29 is 13.9 Å². The average Bonchev–Trinajstić information content (AvgIpc) is 2.81. The van der Waals surface area contributed by atoms with Gasteiger partial charge in [0, 0.05) is 37.0 Å². The Bertz CT molecular complexity index is 596. The van der Waals surface area contributed by atoms with Gasteiger partial charge in [0.1, 0.15) is 17.5 Å². The van der Waals surface area contributed by atoms with Crippen molar-refractivity contribution in [3.05, 3.63) is 53.1 Å². The maximum absolute atomic E-state index is 13.7. The summed E-state index contributed by atoms with van der Waals surface area (Å²) in [5, 5.41) is 10.2. The number of rotatable bonds is 5. The Morgan fingerprint density at radius 2 is 2.05 bits per heavy atom. The largest absolute Gasteiger partial charge is 0.388 e. The molecule has 0 aliphatic heterocycles. The molecule has 1 aromatic heterocycles. The molecule has 0 saturated heterocycles. The van der Waals surface area contributed by atoms with Gasteiger partial charge in [0.15, 0.2) is 0 Å². The lowest BCUT2D eigenvalue weighted by molar-refractivity contribution is 0.169. The van der Waals surface area contributed by atoms with E-state index >= 15 is 0 Å². The highest BCUT2D eigenvalue weighted by atomic mass is 19.1. The summed E-state index contributed by atoms with van der Waals surface area (Å²) in [5.74, 6) is -0.638. The van der Waals surface area contributed by atoms with E-state index in [2.05, 4.69) is 4.98 Å². The molecule has 1 unspecified atom stereocenters. The SMILES string of the molecule is CCCn1ccnc1CC(O)c1cc(C)c(F)cc1F. The van der Waals surface area contributed by atoms with Crippen LogP contribution in [0.15, 0.2) is 24.5 Å². The first-order chi connectivity index (χ1) is 9.52. The van der Waals surface area contributed by atoms with E-state index in [1.165, 1.54) is 6.07 Å². The number of benzene rings is 1. The third kappa shape index (κ3) is 3.04. The number of halogens is 2. The molecular weight excluding hydrogens is 262 g/mol. The summed E-state index contributed by atoms with van der Waals surface area (Å²) < 4.78 is 28.9. The van der Waals surface area contributed by atoms with Crippen LogP contribution in [-0.2, 0) is 13.0 Å². The van der Waals surface area contributed by atoms with Gasteiger partial charge in [0.25, 0.3) is 0 Å². The molecule has 1 heterocycles. The van der Waals surface area contributed by atoms with Crippen LogP contribution in [0, 0.1) is 18.6 Å². The Morgan fingerprint density at radius 3 is 2.75 bits per heavy atom. The second-order valence-corrected chi connectivity index (χ2v) is 4.88. The lowest BCUT2D eigenvalue weighted by Crippen LogP contribution is -2.11. The van der Waals surface area contributed by atoms with Crippen molar-refractivity contribution in [3.8, 4) is 0 Å².